The molecule has 1 saturated heterocycles. The molecule has 1 aliphatic heterocycles. The Morgan fingerprint density at radius 2 is 2.05 bits per heavy atom. The molecule has 2 fully saturated rings. The largest absolute Gasteiger partial charge is 0.495 e. The van der Waals surface area contributed by atoms with Crippen molar-refractivity contribution in [1.82, 2.24) is 10.2 Å². The van der Waals surface area contributed by atoms with Gasteiger partial charge in [-0.1, -0.05) is 17.7 Å². The second kappa shape index (κ2) is 5.70. The summed E-state index contributed by atoms with van der Waals surface area (Å²) in [6.07, 6.45) is 2.69. The zero-order valence-electron chi connectivity index (χ0n) is 11.4. The lowest BCUT2D eigenvalue weighted by atomic mass is 9.99. The fraction of sp³-hybridized carbons (Fsp3) is 0.600. The number of rotatable bonds is 4. The van der Waals surface area contributed by atoms with Gasteiger partial charge in [-0.2, -0.15) is 0 Å². The maximum absolute atomic E-state index is 6.13. The van der Waals surface area contributed by atoms with Crippen LogP contribution in [0.15, 0.2) is 18.2 Å². The van der Waals surface area contributed by atoms with Crippen LogP contribution in [-0.2, 0) is 0 Å². The van der Waals surface area contributed by atoms with Crippen LogP contribution in [-0.4, -0.2) is 38.2 Å². The Morgan fingerprint density at radius 1 is 1.32 bits per heavy atom. The molecule has 3 rings (SSSR count). The SMILES string of the molecule is COc1cc([C@H](C2CC2)N2CCNCC2)ccc1Cl. The molecule has 0 spiro atoms. The van der Waals surface area contributed by atoms with Crippen molar-refractivity contribution < 1.29 is 4.74 Å². The maximum Gasteiger partial charge on any atom is 0.137 e. The van der Waals surface area contributed by atoms with Crippen LogP contribution in [0.3, 0.4) is 0 Å². The summed E-state index contributed by atoms with van der Waals surface area (Å²) in [5.74, 6) is 1.60. The van der Waals surface area contributed by atoms with Crippen LogP contribution in [0.1, 0.15) is 24.4 Å². The van der Waals surface area contributed by atoms with Crippen LogP contribution < -0.4 is 10.1 Å². The van der Waals surface area contributed by atoms with Gasteiger partial charge in [0, 0.05) is 32.2 Å². The molecule has 19 heavy (non-hydrogen) atoms. The van der Waals surface area contributed by atoms with Crippen molar-refractivity contribution >= 4 is 11.6 Å². The zero-order valence-corrected chi connectivity index (χ0v) is 12.1. The van der Waals surface area contributed by atoms with E-state index in [-0.39, 0.29) is 0 Å². The predicted molar refractivity (Wildman–Crippen MR) is 77.9 cm³/mol. The van der Waals surface area contributed by atoms with Gasteiger partial charge in [0.25, 0.3) is 0 Å². The number of nitrogens with zero attached hydrogens (tertiary/aromatic N) is 1. The summed E-state index contributed by atoms with van der Waals surface area (Å²) in [7, 11) is 1.68. The molecule has 0 unspecified atom stereocenters. The first kappa shape index (κ1) is 13.2. The van der Waals surface area contributed by atoms with Gasteiger partial charge in [0.15, 0.2) is 0 Å². The van der Waals surface area contributed by atoms with Gasteiger partial charge in [0.05, 0.1) is 12.1 Å². The number of halogens is 1. The summed E-state index contributed by atoms with van der Waals surface area (Å²) in [5, 5.41) is 4.12. The average molecular weight is 281 g/mol. The van der Waals surface area contributed by atoms with Crippen LogP contribution in [0.2, 0.25) is 5.02 Å². The van der Waals surface area contributed by atoms with Crippen LogP contribution in [0, 0.1) is 5.92 Å². The van der Waals surface area contributed by atoms with Crippen molar-refractivity contribution in [3.05, 3.63) is 28.8 Å². The third kappa shape index (κ3) is 2.88. The van der Waals surface area contributed by atoms with E-state index in [1.807, 2.05) is 6.07 Å². The number of benzene rings is 1. The third-order valence-corrected chi connectivity index (χ3v) is 4.44. The number of ether oxygens (including phenoxy) is 1. The lowest BCUT2D eigenvalue weighted by Gasteiger charge is -2.35. The number of methoxy groups -OCH3 is 1. The summed E-state index contributed by atoms with van der Waals surface area (Å²) < 4.78 is 5.36. The Morgan fingerprint density at radius 3 is 2.68 bits per heavy atom. The van der Waals surface area contributed by atoms with Gasteiger partial charge in [-0.05, 0) is 36.5 Å². The van der Waals surface area contributed by atoms with Gasteiger partial charge in [0.2, 0.25) is 0 Å². The van der Waals surface area contributed by atoms with Crippen molar-refractivity contribution in [2.75, 3.05) is 33.3 Å². The van der Waals surface area contributed by atoms with Crippen molar-refractivity contribution in [1.29, 1.82) is 0 Å². The molecule has 0 aromatic heterocycles. The molecule has 2 aliphatic rings. The standard InChI is InChI=1S/C15H21ClN2O/c1-19-14-10-12(4-5-13(14)16)15(11-2-3-11)18-8-6-17-7-9-18/h4-5,10-11,15,17H,2-3,6-9H2,1H3/t15-/m0/s1. The number of piperazine rings is 1. The lowest BCUT2D eigenvalue weighted by molar-refractivity contribution is 0.156. The van der Waals surface area contributed by atoms with Crippen LogP contribution in [0.25, 0.3) is 0 Å². The molecule has 1 heterocycles. The number of hydrogen-bond donors (Lipinski definition) is 1. The van der Waals surface area contributed by atoms with E-state index in [9.17, 15) is 0 Å². The van der Waals surface area contributed by atoms with Crippen molar-refractivity contribution in [3.8, 4) is 5.75 Å². The normalized spacial score (nSPS) is 22.2. The van der Waals surface area contributed by atoms with Gasteiger partial charge >= 0.3 is 0 Å². The van der Waals surface area contributed by atoms with Gasteiger partial charge in [-0.15, -0.1) is 0 Å². The van der Waals surface area contributed by atoms with Crippen molar-refractivity contribution in [2.24, 2.45) is 5.92 Å². The molecule has 1 saturated carbocycles. The molecule has 0 amide bonds. The summed E-state index contributed by atoms with van der Waals surface area (Å²) in [6, 6.07) is 6.78. The molecule has 0 radical (unpaired) electrons. The molecule has 1 N–H and O–H groups in total. The summed E-state index contributed by atoms with van der Waals surface area (Å²) in [6.45, 7) is 4.44. The summed E-state index contributed by atoms with van der Waals surface area (Å²) in [4.78, 5) is 2.61. The highest BCUT2D eigenvalue weighted by molar-refractivity contribution is 6.32. The molecular formula is C15H21ClN2O. The quantitative estimate of drug-likeness (QED) is 0.918. The van der Waals surface area contributed by atoms with E-state index in [0.717, 1.165) is 37.8 Å². The lowest BCUT2D eigenvalue weighted by Crippen LogP contribution is -2.45. The molecule has 1 aliphatic carbocycles. The Kier molecular flexibility index (Phi) is 3.96. The molecular weight excluding hydrogens is 260 g/mol. The number of hydrogen-bond acceptors (Lipinski definition) is 3. The Balaban J connectivity index is 1.86. The highest BCUT2D eigenvalue weighted by Crippen LogP contribution is 2.45. The van der Waals surface area contributed by atoms with Crippen molar-refractivity contribution in [2.45, 2.75) is 18.9 Å². The van der Waals surface area contributed by atoms with E-state index in [4.69, 9.17) is 16.3 Å². The maximum atomic E-state index is 6.13. The molecule has 104 valence electrons. The minimum absolute atomic E-state index is 0.535. The second-order valence-corrected chi connectivity index (χ2v) is 5.87. The first-order chi connectivity index (χ1) is 9.29. The first-order valence-corrected chi connectivity index (χ1v) is 7.45. The summed E-state index contributed by atoms with van der Waals surface area (Å²) >= 11 is 6.13. The Bertz CT molecular complexity index is 442. The number of nitrogens with one attached hydrogen (secondary N) is 1. The third-order valence-electron chi connectivity index (χ3n) is 4.13. The van der Waals surface area contributed by atoms with Gasteiger partial charge < -0.3 is 10.1 Å². The topological polar surface area (TPSA) is 24.5 Å². The summed E-state index contributed by atoms with van der Waals surface area (Å²) in [5.41, 5.74) is 1.35. The minimum atomic E-state index is 0.535. The van der Waals surface area contributed by atoms with E-state index in [2.05, 4.69) is 22.3 Å². The fourth-order valence-corrected chi connectivity index (χ4v) is 3.21. The minimum Gasteiger partial charge on any atom is -0.495 e. The van der Waals surface area contributed by atoms with E-state index >= 15 is 0 Å². The highest BCUT2D eigenvalue weighted by Gasteiger charge is 2.36. The van der Waals surface area contributed by atoms with E-state index in [0.29, 0.717) is 11.1 Å². The van der Waals surface area contributed by atoms with Gasteiger partial charge in [-0.3, -0.25) is 4.90 Å². The van der Waals surface area contributed by atoms with Gasteiger partial charge in [-0.25, -0.2) is 0 Å². The molecule has 1 aromatic rings. The Hall–Kier alpha value is -0.770. The monoisotopic (exact) mass is 280 g/mol. The van der Waals surface area contributed by atoms with E-state index in [1.165, 1.54) is 18.4 Å². The van der Waals surface area contributed by atoms with Crippen LogP contribution in [0.5, 0.6) is 5.75 Å². The van der Waals surface area contributed by atoms with E-state index in [1.54, 1.807) is 7.11 Å². The van der Waals surface area contributed by atoms with Crippen LogP contribution >= 0.6 is 11.6 Å². The molecule has 4 heteroatoms. The van der Waals surface area contributed by atoms with Crippen LogP contribution in [0.4, 0.5) is 0 Å². The average Bonchev–Trinajstić information content (AvgIpc) is 3.27. The van der Waals surface area contributed by atoms with Crippen molar-refractivity contribution in [3.63, 3.8) is 0 Å². The molecule has 0 bridgehead atoms. The van der Waals surface area contributed by atoms with E-state index < -0.39 is 0 Å². The molecule has 1 atom stereocenters. The Labute approximate surface area is 119 Å². The second-order valence-electron chi connectivity index (χ2n) is 5.46. The zero-order chi connectivity index (χ0) is 13.2. The predicted octanol–water partition coefficient (Wildman–Crippen LogP) is 2.70. The highest BCUT2D eigenvalue weighted by atomic mass is 35.5. The molecule has 1 aromatic carbocycles. The first-order valence-electron chi connectivity index (χ1n) is 7.08. The molecule has 3 nitrogen and oxygen atoms in total. The smallest absolute Gasteiger partial charge is 0.137 e. The fourth-order valence-electron chi connectivity index (χ4n) is 3.01. The van der Waals surface area contributed by atoms with Gasteiger partial charge in [0.1, 0.15) is 5.75 Å².